The molecule has 5 nitrogen and oxygen atoms in total. The number of carbonyl (C=O) groups is 1. The molecular formula is C20H25N3O2. The first-order valence-corrected chi connectivity index (χ1v) is 9.14. The number of rotatable bonds is 5. The van der Waals surface area contributed by atoms with Crippen molar-refractivity contribution in [2.45, 2.75) is 37.6 Å². The number of likely N-dealkylation sites (tertiary alicyclic amines) is 1. The molecule has 2 aromatic rings. The van der Waals surface area contributed by atoms with Crippen LogP contribution in [0, 0.1) is 5.92 Å². The molecule has 2 aliphatic rings. The van der Waals surface area contributed by atoms with Gasteiger partial charge < -0.3 is 5.11 Å². The number of carboxylic acids is 1. The van der Waals surface area contributed by atoms with Gasteiger partial charge in [-0.15, -0.1) is 0 Å². The van der Waals surface area contributed by atoms with Crippen LogP contribution in [0.2, 0.25) is 0 Å². The molecule has 0 spiro atoms. The molecule has 2 atom stereocenters. The Labute approximate surface area is 148 Å². The van der Waals surface area contributed by atoms with Crippen molar-refractivity contribution in [1.29, 1.82) is 0 Å². The van der Waals surface area contributed by atoms with E-state index in [0.29, 0.717) is 12.5 Å². The molecule has 5 heteroatoms. The van der Waals surface area contributed by atoms with Crippen molar-refractivity contribution in [2.75, 3.05) is 13.1 Å². The smallest absolute Gasteiger partial charge is 0.308 e. The van der Waals surface area contributed by atoms with Crippen LogP contribution in [0.25, 0.3) is 0 Å². The van der Waals surface area contributed by atoms with Crippen molar-refractivity contribution < 1.29 is 9.90 Å². The molecule has 4 rings (SSSR count). The lowest BCUT2D eigenvalue weighted by Crippen LogP contribution is -2.24. The van der Waals surface area contributed by atoms with Gasteiger partial charge in [-0.3, -0.25) is 14.4 Å². The van der Waals surface area contributed by atoms with Crippen LogP contribution in [0.3, 0.4) is 0 Å². The van der Waals surface area contributed by atoms with Gasteiger partial charge in [0.1, 0.15) is 0 Å². The summed E-state index contributed by atoms with van der Waals surface area (Å²) in [7, 11) is 1.97. The molecule has 1 saturated carbocycles. The number of benzene rings is 1. The van der Waals surface area contributed by atoms with E-state index < -0.39 is 5.97 Å². The van der Waals surface area contributed by atoms with Crippen LogP contribution in [0.4, 0.5) is 0 Å². The van der Waals surface area contributed by atoms with E-state index >= 15 is 0 Å². The minimum Gasteiger partial charge on any atom is -0.481 e. The molecule has 1 aliphatic carbocycles. The molecule has 1 N–H and O–H groups in total. The Hall–Kier alpha value is -2.14. The van der Waals surface area contributed by atoms with Gasteiger partial charge in [0.15, 0.2) is 0 Å². The average Bonchev–Trinajstić information content (AvgIpc) is 3.11. The number of carboxylic acid groups (broad SMARTS) is 1. The van der Waals surface area contributed by atoms with Crippen molar-refractivity contribution >= 4 is 5.97 Å². The lowest BCUT2D eigenvalue weighted by Gasteiger charge is -2.25. The van der Waals surface area contributed by atoms with Crippen LogP contribution in [-0.4, -0.2) is 38.8 Å². The lowest BCUT2D eigenvalue weighted by molar-refractivity contribution is -0.141. The highest BCUT2D eigenvalue weighted by molar-refractivity contribution is 5.72. The maximum absolute atomic E-state index is 11.8. The van der Waals surface area contributed by atoms with E-state index in [1.807, 2.05) is 42.1 Å². The summed E-state index contributed by atoms with van der Waals surface area (Å²) >= 11 is 0. The van der Waals surface area contributed by atoms with E-state index in [2.05, 4.69) is 16.2 Å². The fourth-order valence-corrected chi connectivity index (χ4v) is 4.25. The minimum atomic E-state index is -0.693. The van der Waals surface area contributed by atoms with E-state index in [0.717, 1.165) is 18.7 Å². The fourth-order valence-electron chi connectivity index (χ4n) is 4.25. The Morgan fingerprint density at radius 1 is 1.24 bits per heavy atom. The monoisotopic (exact) mass is 339 g/mol. The molecular weight excluding hydrogens is 314 g/mol. The molecule has 132 valence electrons. The fraction of sp³-hybridized carbons (Fsp3) is 0.500. The molecule has 2 fully saturated rings. The maximum atomic E-state index is 11.8. The second kappa shape index (κ2) is 6.64. The SMILES string of the molecule is Cn1cc(CN2C[C@H](C(=O)O)[C@@H](c3ccccc3)C2)c(C2CCC2)n1. The second-order valence-electron chi connectivity index (χ2n) is 7.50. The third kappa shape index (κ3) is 3.21. The number of aromatic nitrogens is 2. The van der Waals surface area contributed by atoms with Gasteiger partial charge in [0.25, 0.3) is 0 Å². The highest BCUT2D eigenvalue weighted by Crippen LogP contribution is 2.39. The summed E-state index contributed by atoms with van der Waals surface area (Å²) in [6.07, 6.45) is 5.86. The Morgan fingerprint density at radius 3 is 2.64 bits per heavy atom. The van der Waals surface area contributed by atoms with Gasteiger partial charge in [0, 0.05) is 50.3 Å². The predicted octanol–water partition coefficient (Wildman–Crippen LogP) is 2.99. The maximum Gasteiger partial charge on any atom is 0.308 e. The van der Waals surface area contributed by atoms with Crippen molar-refractivity contribution in [3.05, 3.63) is 53.3 Å². The van der Waals surface area contributed by atoms with Gasteiger partial charge in [-0.2, -0.15) is 5.10 Å². The first-order chi connectivity index (χ1) is 12.1. The lowest BCUT2D eigenvalue weighted by atomic mass is 9.81. The zero-order valence-corrected chi connectivity index (χ0v) is 14.6. The summed E-state index contributed by atoms with van der Waals surface area (Å²) in [6, 6.07) is 10.1. The molecule has 2 heterocycles. The quantitative estimate of drug-likeness (QED) is 0.910. The normalized spacial score (nSPS) is 24.4. The molecule has 25 heavy (non-hydrogen) atoms. The summed E-state index contributed by atoms with van der Waals surface area (Å²) < 4.78 is 1.91. The third-order valence-electron chi connectivity index (χ3n) is 5.76. The van der Waals surface area contributed by atoms with Crippen LogP contribution >= 0.6 is 0 Å². The van der Waals surface area contributed by atoms with Crippen molar-refractivity contribution in [3.63, 3.8) is 0 Å². The standard InChI is InChI=1S/C20H25N3O2/c1-22-10-16(19(21-22)15-8-5-9-15)11-23-12-17(18(13-23)20(24)25)14-6-3-2-4-7-14/h2-4,6-7,10,15,17-18H,5,8-9,11-13H2,1H3,(H,24,25)/t17-,18+/m1/s1. The summed E-state index contributed by atoms with van der Waals surface area (Å²) in [4.78, 5) is 14.1. The first-order valence-electron chi connectivity index (χ1n) is 9.14. The zero-order chi connectivity index (χ0) is 17.4. The molecule has 0 radical (unpaired) electrons. The Morgan fingerprint density at radius 2 is 2.00 bits per heavy atom. The Bertz CT molecular complexity index is 752. The summed E-state index contributed by atoms with van der Waals surface area (Å²) in [6.45, 7) is 2.20. The van der Waals surface area contributed by atoms with Crippen LogP contribution < -0.4 is 0 Å². The summed E-state index contributed by atoms with van der Waals surface area (Å²) in [5.74, 6) is -0.380. The molecule has 1 saturated heterocycles. The van der Waals surface area contributed by atoms with E-state index in [1.165, 1.54) is 30.5 Å². The zero-order valence-electron chi connectivity index (χ0n) is 14.6. The molecule has 0 unspecified atom stereocenters. The van der Waals surface area contributed by atoms with E-state index in [9.17, 15) is 9.90 Å². The van der Waals surface area contributed by atoms with Crippen molar-refractivity contribution in [3.8, 4) is 0 Å². The topological polar surface area (TPSA) is 58.4 Å². The van der Waals surface area contributed by atoms with E-state index in [1.54, 1.807) is 0 Å². The van der Waals surface area contributed by atoms with Gasteiger partial charge in [-0.05, 0) is 18.4 Å². The average molecular weight is 339 g/mol. The molecule has 1 aromatic carbocycles. The van der Waals surface area contributed by atoms with Crippen molar-refractivity contribution in [1.82, 2.24) is 14.7 Å². The molecule has 0 amide bonds. The highest BCUT2D eigenvalue weighted by Gasteiger charge is 2.39. The molecule has 1 aliphatic heterocycles. The Kier molecular flexibility index (Phi) is 4.34. The van der Waals surface area contributed by atoms with Crippen LogP contribution in [0.15, 0.2) is 36.5 Å². The third-order valence-corrected chi connectivity index (χ3v) is 5.76. The minimum absolute atomic E-state index is 0.0579. The summed E-state index contributed by atoms with van der Waals surface area (Å²) in [5, 5.41) is 14.4. The molecule has 0 bridgehead atoms. The number of nitrogens with zero attached hydrogens (tertiary/aromatic N) is 3. The van der Waals surface area contributed by atoms with Gasteiger partial charge in [0.05, 0.1) is 11.6 Å². The number of aliphatic carboxylic acids is 1. The largest absolute Gasteiger partial charge is 0.481 e. The second-order valence-corrected chi connectivity index (χ2v) is 7.50. The van der Waals surface area contributed by atoms with Gasteiger partial charge in [0.2, 0.25) is 0 Å². The van der Waals surface area contributed by atoms with Crippen LogP contribution in [0.1, 0.15) is 47.9 Å². The number of hydrogen-bond acceptors (Lipinski definition) is 3. The van der Waals surface area contributed by atoms with Crippen molar-refractivity contribution in [2.24, 2.45) is 13.0 Å². The van der Waals surface area contributed by atoms with E-state index in [4.69, 9.17) is 0 Å². The van der Waals surface area contributed by atoms with Crippen LogP contribution in [0.5, 0.6) is 0 Å². The van der Waals surface area contributed by atoms with Gasteiger partial charge in [-0.1, -0.05) is 36.8 Å². The van der Waals surface area contributed by atoms with Gasteiger partial charge >= 0.3 is 5.97 Å². The Balaban J connectivity index is 1.53. The predicted molar refractivity (Wildman–Crippen MR) is 95.4 cm³/mol. The van der Waals surface area contributed by atoms with Crippen LogP contribution in [-0.2, 0) is 18.4 Å². The summed E-state index contributed by atoms with van der Waals surface area (Å²) in [5.41, 5.74) is 3.62. The molecule has 1 aromatic heterocycles. The first kappa shape index (κ1) is 16.3. The van der Waals surface area contributed by atoms with Gasteiger partial charge in [-0.25, -0.2) is 0 Å². The number of aryl methyl sites for hydroxylation is 1. The highest BCUT2D eigenvalue weighted by atomic mass is 16.4. The number of hydrogen-bond donors (Lipinski definition) is 1. The van der Waals surface area contributed by atoms with E-state index in [-0.39, 0.29) is 11.8 Å².